The van der Waals surface area contributed by atoms with E-state index in [9.17, 15) is 14.4 Å². The SMILES string of the molecule is CN(C)C(=O)c1ccc2c(c1)N(CC(=O)Nc1ccc(Cl)cc1)C(=O)CS2. The number of hydrogen-bond acceptors (Lipinski definition) is 4. The van der Waals surface area contributed by atoms with Crippen LogP contribution in [0.15, 0.2) is 47.4 Å². The standard InChI is InChI=1S/C19H18ClN3O3S/c1-22(2)19(26)12-3-8-16-15(9-12)23(18(25)11-27-16)10-17(24)21-14-6-4-13(20)5-7-14/h3-9H,10-11H2,1-2H3,(H,21,24). The van der Waals surface area contributed by atoms with Crippen LogP contribution in [0.25, 0.3) is 0 Å². The van der Waals surface area contributed by atoms with Gasteiger partial charge >= 0.3 is 0 Å². The number of carbonyl (C=O) groups excluding carboxylic acids is 3. The predicted molar refractivity (Wildman–Crippen MR) is 108 cm³/mol. The van der Waals surface area contributed by atoms with Gasteiger partial charge in [0.25, 0.3) is 5.91 Å². The van der Waals surface area contributed by atoms with Crippen LogP contribution in [0, 0.1) is 0 Å². The van der Waals surface area contributed by atoms with E-state index < -0.39 is 0 Å². The fraction of sp³-hybridized carbons (Fsp3) is 0.211. The number of carbonyl (C=O) groups is 3. The Balaban J connectivity index is 1.82. The summed E-state index contributed by atoms with van der Waals surface area (Å²) in [6, 6.07) is 11.9. The van der Waals surface area contributed by atoms with Crippen molar-refractivity contribution in [1.82, 2.24) is 4.90 Å². The second-order valence-corrected chi connectivity index (χ2v) is 7.66. The minimum Gasteiger partial charge on any atom is -0.345 e. The fourth-order valence-electron chi connectivity index (χ4n) is 2.64. The first kappa shape index (κ1) is 19.3. The van der Waals surface area contributed by atoms with Crippen LogP contribution in [0.5, 0.6) is 0 Å². The Morgan fingerprint density at radius 3 is 2.56 bits per heavy atom. The first-order valence-corrected chi connectivity index (χ1v) is 9.56. The van der Waals surface area contributed by atoms with Crippen LogP contribution in [0.1, 0.15) is 10.4 Å². The molecule has 0 atom stereocenters. The Labute approximate surface area is 166 Å². The van der Waals surface area contributed by atoms with E-state index >= 15 is 0 Å². The predicted octanol–water partition coefficient (Wildman–Crippen LogP) is 3.12. The molecule has 1 heterocycles. The summed E-state index contributed by atoms with van der Waals surface area (Å²) in [5.74, 6) is -0.408. The molecule has 0 saturated carbocycles. The van der Waals surface area contributed by atoms with Crippen molar-refractivity contribution in [3.63, 3.8) is 0 Å². The first-order chi connectivity index (χ1) is 12.8. The van der Waals surface area contributed by atoms with E-state index in [0.29, 0.717) is 22.0 Å². The highest BCUT2D eigenvalue weighted by atomic mass is 35.5. The maximum Gasteiger partial charge on any atom is 0.253 e. The van der Waals surface area contributed by atoms with E-state index in [1.54, 1.807) is 50.5 Å². The van der Waals surface area contributed by atoms with Crippen molar-refractivity contribution in [3.05, 3.63) is 53.1 Å². The lowest BCUT2D eigenvalue weighted by Crippen LogP contribution is -2.41. The van der Waals surface area contributed by atoms with Gasteiger partial charge in [0.1, 0.15) is 6.54 Å². The molecule has 3 amide bonds. The molecule has 3 rings (SSSR count). The summed E-state index contributed by atoms with van der Waals surface area (Å²) in [6.45, 7) is -0.130. The average Bonchev–Trinajstić information content (AvgIpc) is 2.65. The van der Waals surface area contributed by atoms with Crippen LogP contribution in [-0.4, -0.2) is 49.0 Å². The van der Waals surface area contributed by atoms with Crippen molar-refractivity contribution >= 4 is 52.5 Å². The summed E-state index contributed by atoms with van der Waals surface area (Å²) in [4.78, 5) is 40.8. The Kier molecular flexibility index (Phi) is 5.72. The molecule has 1 N–H and O–H groups in total. The summed E-state index contributed by atoms with van der Waals surface area (Å²) in [5, 5.41) is 3.32. The minimum absolute atomic E-state index is 0.130. The molecule has 6 nitrogen and oxygen atoms in total. The second-order valence-electron chi connectivity index (χ2n) is 6.21. The van der Waals surface area contributed by atoms with Crippen LogP contribution in [0.4, 0.5) is 11.4 Å². The van der Waals surface area contributed by atoms with Gasteiger partial charge in [-0.25, -0.2) is 0 Å². The summed E-state index contributed by atoms with van der Waals surface area (Å²) >= 11 is 7.24. The van der Waals surface area contributed by atoms with Crippen LogP contribution in [0.2, 0.25) is 5.02 Å². The molecule has 0 bridgehead atoms. The van der Waals surface area contributed by atoms with Gasteiger partial charge in [0.05, 0.1) is 11.4 Å². The molecule has 0 saturated heterocycles. The molecule has 0 radical (unpaired) electrons. The smallest absolute Gasteiger partial charge is 0.253 e. The van der Waals surface area contributed by atoms with Gasteiger partial charge in [-0.2, -0.15) is 0 Å². The molecule has 0 spiro atoms. The van der Waals surface area contributed by atoms with E-state index in [2.05, 4.69) is 5.32 Å². The molecule has 2 aromatic rings. The van der Waals surface area contributed by atoms with Crippen LogP contribution < -0.4 is 10.2 Å². The third kappa shape index (κ3) is 4.43. The topological polar surface area (TPSA) is 69.7 Å². The van der Waals surface area contributed by atoms with Crippen LogP contribution in [-0.2, 0) is 9.59 Å². The highest BCUT2D eigenvalue weighted by molar-refractivity contribution is 8.00. The molecule has 0 fully saturated rings. The molecule has 27 heavy (non-hydrogen) atoms. The average molecular weight is 404 g/mol. The summed E-state index contributed by atoms with van der Waals surface area (Å²) in [7, 11) is 3.33. The lowest BCUT2D eigenvalue weighted by Gasteiger charge is -2.29. The van der Waals surface area contributed by atoms with Gasteiger partial charge in [-0.15, -0.1) is 11.8 Å². The number of nitrogens with one attached hydrogen (secondary N) is 1. The monoisotopic (exact) mass is 403 g/mol. The van der Waals surface area contributed by atoms with Gasteiger partial charge in [-0.3, -0.25) is 14.4 Å². The van der Waals surface area contributed by atoms with Crippen molar-refractivity contribution in [1.29, 1.82) is 0 Å². The quantitative estimate of drug-likeness (QED) is 0.851. The number of nitrogens with zero attached hydrogens (tertiary/aromatic N) is 2. The minimum atomic E-state index is -0.326. The Bertz CT molecular complexity index is 900. The zero-order valence-electron chi connectivity index (χ0n) is 14.9. The van der Waals surface area contributed by atoms with Crippen LogP contribution >= 0.6 is 23.4 Å². The van der Waals surface area contributed by atoms with Crippen molar-refractivity contribution in [2.75, 3.05) is 36.6 Å². The number of halogens is 1. The number of hydrogen-bond donors (Lipinski definition) is 1. The summed E-state index contributed by atoms with van der Waals surface area (Å²) in [5.41, 5.74) is 1.65. The largest absolute Gasteiger partial charge is 0.345 e. The third-order valence-electron chi connectivity index (χ3n) is 3.98. The molecule has 2 aromatic carbocycles. The number of benzene rings is 2. The fourth-order valence-corrected chi connectivity index (χ4v) is 3.69. The molecule has 140 valence electrons. The van der Waals surface area contributed by atoms with Gasteiger partial charge in [-0.05, 0) is 42.5 Å². The zero-order valence-corrected chi connectivity index (χ0v) is 16.4. The maximum absolute atomic E-state index is 12.4. The van der Waals surface area contributed by atoms with Gasteiger partial charge in [-0.1, -0.05) is 11.6 Å². The molecule has 8 heteroatoms. The van der Waals surface area contributed by atoms with Gasteiger partial charge in [0, 0.05) is 35.3 Å². The normalized spacial score (nSPS) is 13.1. The third-order valence-corrected chi connectivity index (χ3v) is 5.28. The number of thioether (sulfide) groups is 1. The molecular weight excluding hydrogens is 386 g/mol. The summed E-state index contributed by atoms with van der Waals surface area (Å²) < 4.78 is 0. The highest BCUT2D eigenvalue weighted by Crippen LogP contribution is 2.36. The summed E-state index contributed by atoms with van der Waals surface area (Å²) in [6.07, 6.45) is 0. The van der Waals surface area contributed by atoms with Gasteiger partial charge in [0.2, 0.25) is 11.8 Å². The Hall–Kier alpha value is -2.51. The van der Waals surface area contributed by atoms with E-state index in [4.69, 9.17) is 11.6 Å². The van der Waals surface area contributed by atoms with E-state index in [1.807, 2.05) is 6.07 Å². The molecule has 0 unspecified atom stereocenters. The van der Waals surface area contributed by atoms with Crippen molar-refractivity contribution in [3.8, 4) is 0 Å². The van der Waals surface area contributed by atoms with Crippen molar-refractivity contribution < 1.29 is 14.4 Å². The van der Waals surface area contributed by atoms with E-state index in [-0.39, 0.29) is 30.0 Å². The Morgan fingerprint density at radius 2 is 1.89 bits per heavy atom. The number of amides is 3. The molecule has 1 aliphatic rings. The van der Waals surface area contributed by atoms with Crippen molar-refractivity contribution in [2.24, 2.45) is 0 Å². The zero-order chi connectivity index (χ0) is 19.6. The van der Waals surface area contributed by atoms with E-state index in [0.717, 1.165) is 4.90 Å². The lowest BCUT2D eigenvalue weighted by atomic mass is 10.1. The first-order valence-electron chi connectivity index (χ1n) is 8.19. The number of rotatable bonds is 4. The molecule has 1 aliphatic heterocycles. The van der Waals surface area contributed by atoms with Gasteiger partial charge in [0.15, 0.2) is 0 Å². The molecular formula is C19H18ClN3O3S. The van der Waals surface area contributed by atoms with Gasteiger partial charge < -0.3 is 15.1 Å². The molecule has 0 aliphatic carbocycles. The number of anilines is 2. The second kappa shape index (κ2) is 8.02. The van der Waals surface area contributed by atoms with E-state index in [1.165, 1.54) is 21.6 Å². The molecule has 0 aromatic heterocycles. The highest BCUT2D eigenvalue weighted by Gasteiger charge is 2.27. The number of fused-ring (bicyclic) bond motifs is 1. The Morgan fingerprint density at radius 1 is 1.19 bits per heavy atom. The van der Waals surface area contributed by atoms with Crippen LogP contribution in [0.3, 0.4) is 0 Å². The lowest BCUT2D eigenvalue weighted by molar-refractivity contribution is -0.120. The van der Waals surface area contributed by atoms with Crippen molar-refractivity contribution in [2.45, 2.75) is 4.90 Å². The maximum atomic E-state index is 12.4.